The number of benzene rings is 1. The molecule has 1 fully saturated rings. The van der Waals surface area contributed by atoms with Gasteiger partial charge < -0.3 is 14.1 Å². The Morgan fingerprint density at radius 1 is 1.08 bits per heavy atom. The second-order valence-corrected chi connectivity index (χ2v) is 6.31. The number of piperazine rings is 1. The zero-order valence-electron chi connectivity index (χ0n) is 13.7. The van der Waals surface area contributed by atoms with Gasteiger partial charge in [-0.15, -0.1) is 0 Å². The molecule has 0 saturated carbocycles. The highest BCUT2D eigenvalue weighted by Gasteiger charge is 2.22. The average molecular weight is 349 g/mol. The van der Waals surface area contributed by atoms with E-state index in [-0.39, 0.29) is 5.91 Å². The van der Waals surface area contributed by atoms with Crippen LogP contribution >= 0.6 is 11.6 Å². The predicted molar refractivity (Wildman–Crippen MR) is 92.1 cm³/mol. The molecular formula is C18H21ClN2O3. The summed E-state index contributed by atoms with van der Waals surface area (Å²) in [5.41, 5.74) is 0.683. The van der Waals surface area contributed by atoms with E-state index in [1.54, 1.807) is 31.4 Å². The van der Waals surface area contributed by atoms with Gasteiger partial charge in [0.05, 0.1) is 6.54 Å². The lowest BCUT2D eigenvalue weighted by atomic mass is 10.2. The van der Waals surface area contributed by atoms with Crippen molar-refractivity contribution in [3.8, 4) is 0 Å². The van der Waals surface area contributed by atoms with Crippen molar-refractivity contribution >= 4 is 17.5 Å². The summed E-state index contributed by atoms with van der Waals surface area (Å²) < 4.78 is 10.8. The Hall–Kier alpha value is -1.82. The summed E-state index contributed by atoms with van der Waals surface area (Å²) in [5.74, 6) is 1.83. The number of nitrogens with zero attached hydrogens (tertiary/aromatic N) is 2. The minimum absolute atomic E-state index is 0.0618. The Kier molecular flexibility index (Phi) is 5.56. The second-order valence-electron chi connectivity index (χ2n) is 5.88. The van der Waals surface area contributed by atoms with E-state index in [0.29, 0.717) is 30.3 Å². The molecule has 0 atom stereocenters. The maximum absolute atomic E-state index is 12.5. The van der Waals surface area contributed by atoms with Crippen LogP contribution in [0.15, 0.2) is 40.8 Å². The second kappa shape index (κ2) is 7.83. The highest BCUT2D eigenvalue weighted by molar-refractivity contribution is 6.30. The molecule has 0 N–H and O–H groups in total. The number of carbonyl (C=O) groups excluding carboxylic acids is 1. The summed E-state index contributed by atoms with van der Waals surface area (Å²) in [6, 6.07) is 11.0. The average Bonchev–Trinajstić information content (AvgIpc) is 3.03. The molecule has 1 aliphatic heterocycles. The Balaban J connectivity index is 1.51. The number of methoxy groups -OCH3 is 1. The minimum Gasteiger partial charge on any atom is -0.462 e. The Morgan fingerprint density at radius 2 is 1.75 bits per heavy atom. The van der Waals surface area contributed by atoms with Crippen LogP contribution < -0.4 is 0 Å². The van der Waals surface area contributed by atoms with Gasteiger partial charge in [-0.1, -0.05) is 11.6 Å². The lowest BCUT2D eigenvalue weighted by Crippen LogP contribution is -2.48. The summed E-state index contributed by atoms with van der Waals surface area (Å²) >= 11 is 5.87. The fraction of sp³-hybridized carbons (Fsp3) is 0.389. The third kappa shape index (κ3) is 4.17. The van der Waals surface area contributed by atoms with E-state index < -0.39 is 0 Å². The molecule has 0 spiro atoms. The van der Waals surface area contributed by atoms with Gasteiger partial charge in [0, 0.05) is 43.9 Å². The number of carbonyl (C=O) groups is 1. The summed E-state index contributed by atoms with van der Waals surface area (Å²) in [7, 11) is 1.65. The van der Waals surface area contributed by atoms with Crippen molar-refractivity contribution in [2.75, 3.05) is 33.3 Å². The summed E-state index contributed by atoms with van der Waals surface area (Å²) in [4.78, 5) is 16.7. The van der Waals surface area contributed by atoms with E-state index in [1.165, 1.54) is 0 Å². The largest absolute Gasteiger partial charge is 0.462 e. The van der Waals surface area contributed by atoms with Crippen LogP contribution in [0.2, 0.25) is 5.02 Å². The van der Waals surface area contributed by atoms with Gasteiger partial charge in [0.1, 0.15) is 18.1 Å². The van der Waals surface area contributed by atoms with Gasteiger partial charge in [-0.2, -0.15) is 0 Å². The number of hydrogen-bond acceptors (Lipinski definition) is 4. The highest BCUT2D eigenvalue weighted by Crippen LogP contribution is 2.15. The quantitative estimate of drug-likeness (QED) is 0.833. The van der Waals surface area contributed by atoms with Crippen LogP contribution in [0, 0.1) is 0 Å². The van der Waals surface area contributed by atoms with Gasteiger partial charge in [0.15, 0.2) is 0 Å². The van der Waals surface area contributed by atoms with E-state index in [9.17, 15) is 4.79 Å². The Morgan fingerprint density at radius 3 is 2.42 bits per heavy atom. The number of amides is 1. The van der Waals surface area contributed by atoms with Crippen molar-refractivity contribution in [2.24, 2.45) is 0 Å². The fourth-order valence-corrected chi connectivity index (χ4v) is 2.96. The van der Waals surface area contributed by atoms with Gasteiger partial charge in [0.2, 0.25) is 0 Å². The van der Waals surface area contributed by atoms with E-state index in [1.807, 2.05) is 17.0 Å². The normalized spacial score (nSPS) is 15.7. The molecule has 24 heavy (non-hydrogen) atoms. The van der Waals surface area contributed by atoms with E-state index in [2.05, 4.69) is 4.90 Å². The number of rotatable bonds is 5. The van der Waals surface area contributed by atoms with Crippen LogP contribution in [-0.2, 0) is 17.9 Å². The highest BCUT2D eigenvalue weighted by atomic mass is 35.5. The SMILES string of the molecule is COCc1ccc(CN2CCN(C(=O)c3ccc(Cl)cc3)CC2)o1. The monoisotopic (exact) mass is 348 g/mol. The number of ether oxygens (including phenoxy) is 1. The molecule has 1 aromatic carbocycles. The molecule has 1 aromatic heterocycles. The molecule has 5 nitrogen and oxygen atoms in total. The predicted octanol–water partition coefficient (Wildman–Crippen LogP) is 3.04. The Bertz CT molecular complexity index is 676. The first-order chi connectivity index (χ1) is 11.7. The lowest BCUT2D eigenvalue weighted by Gasteiger charge is -2.34. The van der Waals surface area contributed by atoms with Crippen molar-refractivity contribution in [3.05, 3.63) is 58.5 Å². The van der Waals surface area contributed by atoms with Crippen LogP contribution in [0.4, 0.5) is 0 Å². The lowest BCUT2D eigenvalue weighted by molar-refractivity contribution is 0.0618. The molecule has 2 aromatic rings. The molecule has 0 aliphatic carbocycles. The molecule has 1 amide bonds. The van der Waals surface area contributed by atoms with Crippen molar-refractivity contribution in [3.63, 3.8) is 0 Å². The first-order valence-corrected chi connectivity index (χ1v) is 8.37. The first kappa shape index (κ1) is 17.0. The third-order valence-electron chi connectivity index (χ3n) is 4.13. The van der Waals surface area contributed by atoms with Crippen LogP contribution in [0.1, 0.15) is 21.9 Å². The molecule has 6 heteroatoms. The summed E-state index contributed by atoms with van der Waals surface area (Å²) in [6.07, 6.45) is 0. The van der Waals surface area contributed by atoms with Crippen molar-refractivity contribution < 1.29 is 13.9 Å². The molecule has 128 valence electrons. The summed E-state index contributed by atoms with van der Waals surface area (Å²) in [6.45, 7) is 4.34. The number of halogens is 1. The molecule has 0 bridgehead atoms. The van der Waals surface area contributed by atoms with Gasteiger partial charge in [-0.25, -0.2) is 0 Å². The molecule has 3 rings (SSSR count). The molecule has 1 aliphatic rings. The van der Waals surface area contributed by atoms with Gasteiger partial charge in [-0.05, 0) is 36.4 Å². The van der Waals surface area contributed by atoms with Gasteiger partial charge in [0.25, 0.3) is 5.91 Å². The molecule has 0 radical (unpaired) electrons. The number of hydrogen-bond donors (Lipinski definition) is 0. The smallest absolute Gasteiger partial charge is 0.253 e. The van der Waals surface area contributed by atoms with Crippen molar-refractivity contribution in [1.82, 2.24) is 9.80 Å². The van der Waals surface area contributed by atoms with Crippen molar-refractivity contribution in [2.45, 2.75) is 13.2 Å². The molecule has 2 heterocycles. The molecule has 1 saturated heterocycles. The van der Waals surface area contributed by atoms with Crippen LogP contribution in [0.3, 0.4) is 0 Å². The van der Waals surface area contributed by atoms with E-state index in [4.69, 9.17) is 20.8 Å². The fourth-order valence-electron chi connectivity index (χ4n) is 2.83. The molecule has 0 unspecified atom stereocenters. The van der Waals surface area contributed by atoms with Crippen LogP contribution in [-0.4, -0.2) is 49.0 Å². The zero-order chi connectivity index (χ0) is 16.9. The maximum Gasteiger partial charge on any atom is 0.253 e. The van der Waals surface area contributed by atoms with E-state index in [0.717, 1.165) is 31.2 Å². The minimum atomic E-state index is 0.0618. The summed E-state index contributed by atoms with van der Waals surface area (Å²) in [5, 5.41) is 0.641. The zero-order valence-corrected chi connectivity index (χ0v) is 14.5. The van der Waals surface area contributed by atoms with Crippen LogP contribution in [0.25, 0.3) is 0 Å². The molecular weight excluding hydrogens is 328 g/mol. The van der Waals surface area contributed by atoms with Crippen LogP contribution in [0.5, 0.6) is 0 Å². The maximum atomic E-state index is 12.5. The topological polar surface area (TPSA) is 45.9 Å². The first-order valence-electron chi connectivity index (χ1n) is 7.99. The Labute approximate surface area is 146 Å². The third-order valence-corrected chi connectivity index (χ3v) is 4.39. The van der Waals surface area contributed by atoms with E-state index >= 15 is 0 Å². The van der Waals surface area contributed by atoms with Crippen molar-refractivity contribution in [1.29, 1.82) is 0 Å². The standard InChI is InChI=1S/C18H21ClN2O3/c1-23-13-17-7-6-16(24-17)12-20-8-10-21(11-9-20)18(22)14-2-4-15(19)5-3-14/h2-7H,8-13H2,1H3. The number of furan rings is 1. The van der Waals surface area contributed by atoms with Gasteiger partial charge in [-0.3, -0.25) is 9.69 Å². The van der Waals surface area contributed by atoms with Gasteiger partial charge >= 0.3 is 0 Å².